The van der Waals surface area contributed by atoms with Crippen molar-refractivity contribution in [1.29, 1.82) is 0 Å². The van der Waals surface area contributed by atoms with Crippen LogP contribution >= 0.6 is 23.2 Å². The SMILES string of the molecule is CCC1CCC(C(Cc2cc(Cl)ccc2Cl)NC)C1. The molecule has 1 saturated carbocycles. The Morgan fingerprint density at radius 1 is 1.32 bits per heavy atom. The maximum Gasteiger partial charge on any atom is 0.0439 e. The van der Waals surface area contributed by atoms with E-state index in [-0.39, 0.29) is 0 Å². The summed E-state index contributed by atoms with van der Waals surface area (Å²) in [6.07, 6.45) is 6.34. The van der Waals surface area contributed by atoms with E-state index in [1.165, 1.54) is 25.7 Å². The number of likely N-dealkylation sites (N-methyl/N-ethyl adjacent to an activating group) is 1. The van der Waals surface area contributed by atoms with Gasteiger partial charge in [0.05, 0.1) is 0 Å². The highest BCUT2D eigenvalue weighted by molar-refractivity contribution is 6.33. The number of benzene rings is 1. The predicted octanol–water partition coefficient (Wildman–Crippen LogP) is 4.95. The van der Waals surface area contributed by atoms with Crippen LogP contribution in [0.5, 0.6) is 0 Å². The van der Waals surface area contributed by atoms with Crippen molar-refractivity contribution in [2.45, 2.75) is 45.1 Å². The standard InChI is InChI=1S/C16H23Cl2N/c1-3-11-4-5-12(8-11)16(19-2)10-13-9-14(17)6-7-15(13)18/h6-7,9,11-12,16,19H,3-5,8,10H2,1-2H3. The molecule has 0 aromatic heterocycles. The van der Waals surface area contributed by atoms with Crippen LogP contribution in [0.25, 0.3) is 0 Å². The van der Waals surface area contributed by atoms with Gasteiger partial charge in [0.15, 0.2) is 0 Å². The van der Waals surface area contributed by atoms with Crippen LogP contribution in [-0.4, -0.2) is 13.1 Å². The molecule has 0 bridgehead atoms. The van der Waals surface area contributed by atoms with Gasteiger partial charge in [-0.25, -0.2) is 0 Å². The van der Waals surface area contributed by atoms with E-state index >= 15 is 0 Å². The summed E-state index contributed by atoms with van der Waals surface area (Å²) in [5, 5.41) is 5.08. The van der Waals surface area contributed by atoms with Crippen LogP contribution in [0.1, 0.15) is 38.2 Å². The minimum absolute atomic E-state index is 0.507. The summed E-state index contributed by atoms with van der Waals surface area (Å²) in [5.74, 6) is 1.68. The average molecular weight is 300 g/mol. The molecule has 1 aromatic rings. The molecule has 0 aliphatic heterocycles. The smallest absolute Gasteiger partial charge is 0.0439 e. The molecule has 3 heteroatoms. The van der Waals surface area contributed by atoms with Crippen molar-refractivity contribution in [3.8, 4) is 0 Å². The van der Waals surface area contributed by atoms with Gasteiger partial charge in [-0.05, 0) is 61.9 Å². The van der Waals surface area contributed by atoms with E-state index in [1.807, 2.05) is 18.2 Å². The van der Waals surface area contributed by atoms with Gasteiger partial charge in [-0.1, -0.05) is 43.0 Å². The molecule has 1 nitrogen and oxygen atoms in total. The molecule has 2 rings (SSSR count). The molecule has 19 heavy (non-hydrogen) atoms. The number of rotatable bonds is 5. The van der Waals surface area contributed by atoms with E-state index in [4.69, 9.17) is 23.2 Å². The lowest BCUT2D eigenvalue weighted by Crippen LogP contribution is -2.34. The molecule has 1 fully saturated rings. The van der Waals surface area contributed by atoms with Crippen molar-refractivity contribution in [3.05, 3.63) is 33.8 Å². The summed E-state index contributed by atoms with van der Waals surface area (Å²) in [4.78, 5) is 0. The van der Waals surface area contributed by atoms with Crippen molar-refractivity contribution >= 4 is 23.2 Å². The van der Waals surface area contributed by atoms with Gasteiger partial charge in [-0.15, -0.1) is 0 Å². The van der Waals surface area contributed by atoms with Crippen LogP contribution in [0.15, 0.2) is 18.2 Å². The van der Waals surface area contributed by atoms with Gasteiger partial charge < -0.3 is 5.32 Å². The highest BCUT2D eigenvalue weighted by atomic mass is 35.5. The zero-order chi connectivity index (χ0) is 13.8. The molecule has 1 N–H and O–H groups in total. The molecule has 0 spiro atoms. The Morgan fingerprint density at radius 2 is 2.11 bits per heavy atom. The summed E-state index contributed by atoms with van der Waals surface area (Å²) in [6.45, 7) is 2.30. The van der Waals surface area contributed by atoms with Crippen LogP contribution in [0.2, 0.25) is 10.0 Å². The topological polar surface area (TPSA) is 12.0 Å². The molecule has 3 atom stereocenters. The van der Waals surface area contributed by atoms with Crippen molar-refractivity contribution in [2.75, 3.05) is 7.05 Å². The molecule has 0 heterocycles. The molecule has 3 unspecified atom stereocenters. The fourth-order valence-corrected chi connectivity index (χ4v) is 3.68. The Bertz CT molecular complexity index is 419. The van der Waals surface area contributed by atoms with E-state index in [0.29, 0.717) is 6.04 Å². The van der Waals surface area contributed by atoms with Crippen LogP contribution in [0, 0.1) is 11.8 Å². The molecule has 1 aliphatic rings. The minimum atomic E-state index is 0.507. The summed E-state index contributed by atoms with van der Waals surface area (Å²) < 4.78 is 0. The third kappa shape index (κ3) is 3.87. The molecule has 0 saturated heterocycles. The lowest BCUT2D eigenvalue weighted by atomic mass is 9.91. The van der Waals surface area contributed by atoms with E-state index in [9.17, 15) is 0 Å². The van der Waals surface area contributed by atoms with E-state index in [1.54, 1.807) is 0 Å². The third-order valence-corrected chi connectivity index (χ3v) is 5.15. The molecular weight excluding hydrogens is 277 g/mol. The second kappa shape index (κ2) is 6.97. The second-order valence-corrected chi connectivity index (χ2v) is 6.53. The highest BCUT2D eigenvalue weighted by Gasteiger charge is 2.29. The maximum atomic E-state index is 6.27. The van der Waals surface area contributed by atoms with Crippen molar-refractivity contribution in [1.82, 2.24) is 5.32 Å². The van der Waals surface area contributed by atoms with Crippen molar-refractivity contribution in [3.63, 3.8) is 0 Å². The largest absolute Gasteiger partial charge is 0.316 e. The Hall–Kier alpha value is -0.240. The first-order chi connectivity index (χ1) is 9.13. The van der Waals surface area contributed by atoms with Gasteiger partial charge in [0.1, 0.15) is 0 Å². The quantitative estimate of drug-likeness (QED) is 0.811. The molecule has 106 valence electrons. The zero-order valence-corrected chi connectivity index (χ0v) is 13.3. The predicted molar refractivity (Wildman–Crippen MR) is 84.1 cm³/mol. The van der Waals surface area contributed by atoms with Crippen LogP contribution in [-0.2, 0) is 6.42 Å². The highest BCUT2D eigenvalue weighted by Crippen LogP contribution is 2.36. The molecular formula is C16H23Cl2N. The van der Waals surface area contributed by atoms with E-state index in [2.05, 4.69) is 19.3 Å². The first kappa shape index (κ1) is 15.2. The van der Waals surface area contributed by atoms with Crippen molar-refractivity contribution in [2.24, 2.45) is 11.8 Å². The number of halogens is 2. The lowest BCUT2D eigenvalue weighted by molar-refractivity contribution is 0.361. The van der Waals surface area contributed by atoms with E-state index in [0.717, 1.165) is 33.9 Å². The average Bonchev–Trinajstić information content (AvgIpc) is 2.88. The second-order valence-electron chi connectivity index (χ2n) is 5.68. The fraction of sp³-hybridized carbons (Fsp3) is 0.625. The van der Waals surface area contributed by atoms with Gasteiger partial charge in [0.2, 0.25) is 0 Å². The Balaban J connectivity index is 2.05. The maximum absolute atomic E-state index is 6.27. The summed E-state index contributed by atoms with van der Waals surface area (Å²) in [5.41, 5.74) is 1.16. The first-order valence-electron chi connectivity index (χ1n) is 7.25. The Morgan fingerprint density at radius 3 is 2.74 bits per heavy atom. The Kier molecular flexibility index (Phi) is 5.56. The minimum Gasteiger partial charge on any atom is -0.316 e. The first-order valence-corrected chi connectivity index (χ1v) is 8.00. The summed E-state index contributed by atoms with van der Waals surface area (Å²) in [6, 6.07) is 6.26. The molecule has 0 amide bonds. The van der Waals surface area contributed by atoms with Gasteiger partial charge in [-0.3, -0.25) is 0 Å². The summed E-state index contributed by atoms with van der Waals surface area (Å²) in [7, 11) is 2.06. The van der Waals surface area contributed by atoms with Crippen LogP contribution < -0.4 is 5.32 Å². The van der Waals surface area contributed by atoms with Gasteiger partial charge in [0, 0.05) is 16.1 Å². The van der Waals surface area contributed by atoms with Crippen LogP contribution in [0.4, 0.5) is 0 Å². The van der Waals surface area contributed by atoms with Gasteiger partial charge >= 0.3 is 0 Å². The lowest BCUT2D eigenvalue weighted by Gasteiger charge is -2.24. The summed E-state index contributed by atoms with van der Waals surface area (Å²) >= 11 is 12.3. The van der Waals surface area contributed by atoms with Gasteiger partial charge in [-0.2, -0.15) is 0 Å². The normalized spacial score (nSPS) is 24.6. The third-order valence-electron chi connectivity index (χ3n) is 4.55. The number of hydrogen-bond donors (Lipinski definition) is 1. The number of nitrogens with one attached hydrogen (secondary N) is 1. The molecule has 1 aromatic carbocycles. The van der Waals surface area contributed by atoms with Crippen molar-refractivity contribution < 1.29 is 0 Å². The van der Waals surface area contributed by atoms with Crippen LogP contribution in [0.3, 0.4) is 0 Å². The van der Waals surface area contributed by atoms with E-state index < -0.39 is 0 Å². The Labute approximate surface area is 126 Å². The molecule has 0 radical (unpaired) electrons. The monoisotopic (exact) mass is 299 g/mol. The van der Waals surface area contributed by atoms with Gasteiger partial charge in [0.25, 0.3) is 0 Å². The molecule has 1 aliphatic carbocycles. The zero-order valence-electron chi connectivity index (χ0n) is 11.8. The number of hydrogen-bond acceptors (Lipinski definition) is 1. The fourth-order valence-electron chi connectivity index (χ4n) is 3.29.